The summed E-state index contributed by atoms with van der Waals surface area (Å²) in [6.45, 7) is 1.53. The van der Waals surface area contributed by atoms with Gasteiger partial charge in [-0.3, -0.25) is 0 Å². The number of thioether (sulfide) groups is 1. The summed E-state index contributed by atoms with van der Waals surface area (Å²) >= 11 is 1.64. The molecule has 54 valence electrons. The van der Waals surface area contributed by atoms with Crippen LogP contribution in [0.15, 0.2) is 0 Å². The molecule has 0 bridgehead atoms. The van der Waals surface area contributed by atoms with Crippen LogP contribution in [-0.2, 0) is 0 Å². The first-order chi connectivity index (χ1) is 4.34. The van der Waals surface area contributed by atoms with Crippen LogP contribution in [0.25, 0.3) is 0 Å². The lowest BCUT2D eigenvalue weighted by molar-refractivity contribution is 0.275. The van der Waals surface area contributed by atoms with Crippen molar-refractivity contribution in [2.45, 2.75) is 17.8 Å². The Labute approximate surface area is 59.4 Å². The summed E-state index contributed by atoms with van der Waals surface area (Å²) in [6, 6.07) is 0. The lowest BCUT2D eigenvalue weighted by Crippen LogP contribution is -2.39. The van der Waals surface area contributed by atoms with E-state index in [0.29, 0.717) is 6.54 Å². The van der Waals surface area contributed by atoms with Gasteiger partial charge in [-0.2, -0.15) is 11.8 Å². The van der Waals surface area contributed by atoms with E-state index in [1.807, 2.05) is 6.26 Å². The summed E-state index contributed by atoms with van der Waals surface area (Å²) in [4.78, 5) is 0. The van der Waals surface area contributed by atoms with Gasteiger partial charge in [-0.25, -0.2) is 4.39 Å². The van der Waals surface area contributed by atoms with Gasteiger partial charge in [0.25, 0.3) is 0 Å². The Morgan fingerprint density at radius 3 is 2.89 bits per heavy atom. The van der Waals surface area contributed by atoms with Gasteiger partial charge in [0.05, 0.1) is 0 Å². The van der Waals surface area contributed by atoms with Crippen LogP contribution in [0, 0.1) is 0 Å². The minimum atomic E-state index is -0.631. The highest BCUT2D eigenvalue weighted by atomic mass is 32.2. The summed E-state index contributed by atoms with van der Waals surface area (Å²) in [7, 11) is 0. The minimum Gasteiger partial charge on any atom is -0.314 e. The second-order valence-corrected chi connectivity index (χ2v) is 3.36. The third-order valence-corrected chi connectivity index (χ3v) is 2.79. The first kappa shape index (κ1) is 7.35. The largest absolute Gasteiger partial charge is 0.314 e. The molecule has 1 rings (SSSR count). The normalized spacial score (nSPS) is 36.7. The van der Waals surface area contributed by atoms with E-state index < -0.39 is 6.17 Å². The van der Waals surface area contributed by atoms with Crippen LogP contribution in [0.4, 0.5) is 4.39 Å². The predicted octanol–water partition coefficient (Wildman–Crippen LogP) is 1.05. The van der Waals surface area contributed by atoms with Gasteiger partial charge in [0.2, 0.25) is 0 Å². The Balaban J connectivity index is 2.30. The Kier molecular flexibility index (Phi) is 2.79. The van der Waals surface area contributed by atoms with Gasteiger partial charge >= 0.3 is 0 Å². The monoisotopic (exact) mass is 149 g/mol. The van der Waals surface area contributed by atoms with E-state index in [4.69, 9.17) is 0 Å². The first-order valence-electron chi connectivity index (χ1n) is 3.22. The molecule has 1 N–H and O–H groups in total. The van der Waals surface area contributed by atoms with Crippen LogP contribution in [0.5, 0.6) is 0 Å². The molecule has 0 aromatic rings. The topological polar surface area (TPSA) is 12.0 Å². The molecule has 9 heavy (non-hydrogen) atoms. The maximum Gasteiger partial charge on any atom is 0.124 e. The molecule has 1 saturated heterocycles. The van der Waals surface area contributed by atoms with Crippen molar-refractivity contribution in [3.63, 3.8) is 0 Å². The lowest BCUT2D eigenvalue weighted by atomic mass is 10.1. The Morgan fingerprint density at radius 1 is 1.67 bits per heavy atom. The van der Waals surface area contributed by atoms with Gasteiger partial charge in [0.15, 0.2) is 0 Å². The number of halogens is 1. The van der Waals surface area contributed by atoms with Gasteiger partial charge in [-0.1, -0.05) is 0 Å². The SMILES string of the molecule is CS[C@@H]1CCNC[C@@H]1F. The van der Waals surface area contributed by atoms with E-state index in [0.717, 1.165) is 13.0 Å². The van der Waals surface area contributed by atoms with Crippen molar-refractivity contribution in [1.82, 2.24) is 5.32 Å². The standard InChI is InChI=1S/C6H12FNS/c1-9-6-2-3-8-4-5(6)7/h5-6,8H,2-4H2,1H3/t5-,6+/m0/s1. The molecule has 1 nitrogen and oxygen atoms in total. The van der Waals surface area contributed by atoms with Crippen molar-refractivity contribution in [2.24, 2.45) is 0 Å². The predicted molar refractivity (Wildman–Crippen MR) is 39.7 cm³/mol. The molecule has 2 atom stereocenters. The van der Waals surface area contributed by atoms with Crippen LogP contribution in [0.3, 0.4) is 0 Å². The first-order valence-corrected chi connectivity index (χ1v) is 4.51. The summed E-state index contributed by atoms with van der Waals surface area (Å²) in [5.74, 6) is 0. The fraction of sp³-hybridized carbons (Fsp3) is 1.00. The highest BCUT2D eigenvalue weighted by molar-refractivity contribution is 7.99. The second-order valence-electron chi connectivity index (χ2n) is 2.28. The molecule has 0 saturated carbocycles. The summed E-state index contributed by atoms with van der Waals surface area (Å²) in [6.07, 6.45) is 2.32. The number of hydrogen-bond acceptors (Lipinski definition) is 2. The van der Waals surface area contributed by atoms with Gasteiger partial charge in [-0.15, -0.1) is 0 Å². The van der Waals surface area contributed by atoms with Gasteiger partial charge in [-0.05, 0) is 19.2 Å². The Bertz CT molecular complexity index is 89.1. The molecule has 0 aliphatic carbocycles. The smallest absolute Gasteiger partial charge is 0.124 e. The van der Waals surface area contributed by atoms with Crippen molar-refractivity contribution in [3.05, 3.63) is 0 Å². The van der Waals surface area contributed by atoms with Crippen LogP contribution >= 0.6 is 11.8 Å². The minimum absolute atomic E-state index is 0.242. The molecule has 1 aliphatic rings. The molecular weight excluding hydrogens is 137 g/mol. The number of hydrogen-bond donors (Lipinski definition) is 1. The summed E-state index contributed by atoms with van der Waals surface area (Å²) in [5, 5.41) is 3.25. The third-order valence-electron chi connectivity index (χ3n) is 1.65. The van der Waals surface area contributed by atoms with Crippen LogP contribution in [0.2, 0.25) is 0 Å². The fourth-order valence-electron chi connectivity index (χ4n) is 1.06. The zero-order chi connectivity index (χ0) is 6.69. The number of nitrogens with one attached hydrogen (secondary N) is 1. The molecule has 1 heterocycles. The fourth-order valence-corrected chi connectivity index (χ4v) is 1.81. The molecule has 1 fully saturated rings. The van der Waals surface area contributed by atoms with E-state index in [2.05, 4.69) is 5.32 Å². The Hall–Kier alpha value is 0.240. The second kappa shape index (κ2) is 3.42. The molecule has 0 aromatic carbocycles. The molecule has 0 radical (unpaired) electrons. The number of alkyl halides is 1. The average molecular weight is 149 g/mol. The van der Waals surface area contributed by atoms with Gasteiger partial charge in [0, 0.05) is 11.8 Å². The number of rotatable bonds is 1. The third kappa shape index (κ3) is 1.83. The molecule has 0 aromatic heterocycles. The van der Waals surface area contributed by atoms with Crippen molar-refractivity contribution in [1.29, 1.82) is 0 Å². The summed E-state index contributed by atoms with van der Waals surface area (Å²) < 4.78 is 12.8. The Morgan fingerprint density at radius 2 is 2.44 bits per heavy atom. The van der Waals surface area contributed by atoms with Gasteiger partial charge in [0.1, 0.15) is 6.17 Å². The molecule has 3 heteroatoms. The zero-order valence-electron chi connectivity index (χ0n) is 5.56. The van der Waals surface area contributed by atoms with Crippen molar-refractivity contribution in [3.8, 4) is 0 Å². The van der Waals surface area contributed by atoms with Crippen LogP contribution in [0.1, 0.15) is 6.42 Å². The highest BCUT2D eigenvalue weighted by Gasteiger charge is 2.22. The molecule has 0 spiro atoms. The highest BCUT2D eigenvalue weighted by Crippen LogP contribution is 2.19. The summed E-state index contributed by atoms with van der Waals surface area (Å²) in [5.41, 5.74) is 0. The molecule has 1 aliphatic heterocycles. The molecule has 0 amide bonds. The maximum atomic E-state index is 12.8. The van der Waals surface area contributed by atoms with Gasteiger partial charge < -0.3 is 5.32 Å². The van der Waals surface area contributed by atoms with Crippen LogP contribution < -0.4 is 5.32 Å². The van der Waals surface area contributed by atoms with Crippen molar-refractivity contribution < 1.29 is 4.39 Å². The maximum absolute atomic E-state index is 12.8. The van der Waals surface area contributed by atoms with E-state index in [1.54, 1.807) is 11.8 Å². The zero-order valence-corrected chi connectivity index (χ0v) is 6.38. The molecule has 0 unspecified atom stereocenters. The number of piperidine rings is 1. The quantitative estimate of drug-likeness (QED) is 0.598. The lowest BCUT2D eigenvalue weighted by Gasteiger charge is -2.24. The molecular formula is C6H12FNS. The van der Waals surface area contributed by atoms with Crippen molar-refractivity contribution >= 4 is 11.8 Å². The van der Waals surface area contributed by atoms with E-state index in [9.17, 15) is 4.39 Å². The van der Waals surface area contributed by atoms with Crippen molar-refractivity contribution in [2.75, 3.05) is 19.3 Å². The van der Waals surface area contributed by atoms with Crippen LogP contribution in [-0.4, -0.2) is 30.8 Å². The van der Waals surface area contributed by atoms with E-state index in [1.165, 1.54) is 0 Å². The average Bonchev–Trinajstić information content (AvgIpc) is 1.89. The van der Waals surface area contributed by atoms with E-state index >= 15 is 0 Å². The van der Waals surface area contributed by atoms with E-state index in [-0.39, 0.29) is 5.25 Å².